The Morgan fingerprint density at radius 2 is 2.00 bits per heavy atom. The van der Waals surface area contributed by atoms with Crippen LogP contribution in [0.1, 0.15) is 36.2 Å². The molecule has 0 aliphatic heterocycles. The van der Waals surface area contributed by atoms with Gasteiger partial charge in [-0.05, 0) is 32.4 Å². The highest BCUT2D eigenvalue weighted by molar-refractivity contribution is 6.00. The number of hydrogen-bond donors (Lipinski definition) is 1. The minimum atomic E-state index is -0.402. The number of nitrogens with two attached hydrogens (primary N) is 1. The quantitative estimate of drug-likeness (QED) is 0.638. The van der Waals surface area contributed by atoms with Crippen molar-refractivity contribution >= 4 is 17.6 Å². The first-order chi connectivity index (χ1) is 9.49. The van der Waals surface area contributed by atoms with E-state index in [1.807, 2.05) is 19.9 Å². The summed E-state index contributed by atoms with van der Waals surface area (Å²) < 4.78 is 4.89. The van der Waals surface area contributed by atoms with Crippen LogP contribution in [0.3, 0.4) is 0 Å². The standard InChI is InChI=1S/C15H22N2O3/c1-4-8-17(10-14(18)20-5-2)15(19)12-9-11(3)6-7-13(12)16/h6-7,9H,4-5,8,10,16H2,1-3H3. The lowest BCUT2D eigenvalue weighted by Gasteiger charge is -2.22. The number of ether oxygens (including phenoxy) is 1. The van der Waals surface area contributed by atoms with E-state index in [0.717, 1.165) is 12.0 Å². The van der Waals surface area contributed by atoms with Crippen molar-refractivity contribution in [3.8, 4) is 0 Å². The highest BCUT2D eigenvalue weighted by Crippen LogP contribution is 2.16. The molecule has 1 amide bonds. The van der Waals surface area contributed by atoms with E-state index in [4.69, 9.17) is 10.5 Å². The van der Waals surface area contributed by atoms with Crippen molar-refractivity contribution in [2.75, 3.05) is 25.4 Å². The summed E-state index contributed by atoms with van der Waals surface area (Å²) in [5.74, 6) is -0.637. The van der Waals surface area contributed by atoms with E-state index in [1.54, 1.807) is 19.1 Å². The molecule has 0 fully saturated rings. The number of rotatable bonds is 6. The van der Waals surface area contributed by atoms with Crippen LogP contribution >= 0.6 is 0 Å². The van der Waals surface area contributed by atoms with Crippen LogP contribution in [0.2, 0.25) is 0 Å². The molecule has 1 aromatic rings. The number of nitrogens with zero attached hydrogens (tertiary/aromatic N) is 1. The molecule has 2 N–H and O–H groups in total. The molecule has 0 saturated heterocycles. The van der Waals surface area contributed by atoms with Crippen LogP contribution < -0.4 is 5.73 Å². The van der Waals surface area contributed by atoms with Gasteiger partial charge in [-0.3, -0.25) is 9.59 Å². The Balaban J connectivity index is 2.93. The van der Waals surface area contributed by atoms with Gasteiger partial charge in [0.1, 0.15) is 6.54 Å². The van der Waals surface area contributed by atoms with Crippen LogP contribution in [0, 0.1) is 6.92 Å². The van der Waals surface area contributed by atoms with Crippen molar-refractivity contribution in [1.29, 1.82) is 0 Å². The fourth-order valence-electron chi connectivity index (χ4n) is 1.91. The predicted octanol–water partition coefficient (Wildman–Crippen LogP) is 1.99. The van der Waals surface area contributed by atoms with Crippen LogP contribution in [-0.4, -0.2) is 36.5 Å². The predicted molar refractivity (Wildman–Crippen MR) is 78.4 cm³/mol. The fraction of sp³-hybridized carbons (Fsp3) is 0.467. The van der Waals surface area contributed by atoms with Crippen molar-refractivity contribution in [2.24, 2.45) is 0 Å². The number of carbonyl (C=O) groups is 2. The molecule has 20 heavy (non-hydrogen) atoms. The normalized spacial score (nSPS) is 10.2. The Labute approximate surface area is 119 Å². The minimum absolute atomic E-state index is 0.0477. The van der Waals surface area contributed by atoms with Crippen molar-refractivity contribution in [1.82, 2.24) is 4.90 Å². The first-order valence-electron chi connectivity index (χ1n) is 6.80. The van der Waals surface area contributed by atoms with Gasteiger partial charge in [-0.15, -0.1) is 0 Å². The number of nitrogen functional groups attached to an aromatic ring is 1. The number of hydrogen-bond acceptors (Lipinski definition) is 4. The summed E-state index contributed by atoms with van der Waals surface area (Å²) in [7, 11) is 0. The first kappa shape index (κ1) is 16.0. The summed E-state index contributed by atoms with van der Waals surface area (Å²) >= 11 is 0. The van der Waals surface area contributed by atoms with Gasteiger partial charge < -0.3 is 15.4 Å². The second-order valence-electron chi connectivity index (χ2n) is 4.62. The second-order valence-corrected chi connectivity index (χ2v) is 4.62. The van der Waals surface area contributed by atoms with Crippen LogP contribution in [0.5, 0.6) is 0 Å². The second kappa shape index (κ2) is 7.53. The van der Waals surface area contributed by atoms with Gasteiger partial charge in [-0.25, -0.2) is 0 Å². The van der Waals surface area contributed by atoms with Gasteiger partial charge in [0, 0.05) is 12.2 Å². The van der Waals surface area contributed by atoms with Gasteiger partial charge in [0.15, 0.2) is 0 Å². The number of amides is 1. The van der Waals surface area contributed by atoms with E-state index >= 15 is 0 Å². The average molecular weight is 278 g/mol. The summed E-state index contributed by atoms with van der Waals surface area (Å²) in [6.07, 6.45) is 0.761. The maximum Gasteiger partial charge on any atom is 0.325 e. The molecule has 0 saturated carbocycles. The molecule has 1 aromatic carbocycles. The topological polar surface area (TPSA) is 72.6 Å². The van der Waals surface area contributed by atoms with Crippen molar-refractivity contribution in [3.63, 3.8) is 0 Å². The lowest BCUT2D eigenvalue weighted by Crippen LogP contribution is -2.37. The Bertz CT molecular complexity index is 486. The first-order valence-corrected chi connectivity index (χ1v) is 6.80. The van der Waals surface area contributed by atoms with E-state index in [-0.39, 0.29) is 12.5 Å². The molecule has 0 aliphatic rings. The Hall–Kier alpha value is -2.04. The van der Waals surface area contributed by atoms with Gasteiger partial charge in [0.05, 0.1) is 12.2 Å². The molecule has 0 atom stereocenters. The summed E-state index contributed by atoms with van der Waals surface area (Å²) in [6.45, 7) is 6.33. The van der Waals surface area contributed by atoms with Crippen LogP contribution in [-0.2, 0) is 9.53 Å². The molecule has 0 spiro atoms. The molecule has 1 rings (SSSR count). The highest BCUT2D eigenvalue weighted by atomic mass is 16.5. The number of benzene rings is 1. The van der Waals surface area contributed by atoms with Crippen LogP contribution in [0.15, 0.2) is 18.2 Å². The maximum absolute atomic E-state index is 12.5. The van der Waals surface area contributed by atoms with Gasteiger partial charge >= 0.3 is 5.97 Å². The number of aryl methyl sites for hydroxylation is 1. The molecule has 5 heteroatoms. The number of anilines is 1. The maximum atomic E-state index is 12.5. The average Bonchev–Trinajstić information content (AvgIpc) is 2.40. The monoisotopic (exact) mass is 278 g/mol. The van der Waals surface area contributed by atoms with E-state index < -0.39 is 5.97 Å². The summed E-state index contributed by atoms with van der Waals surface area (Å²) in [5, 5.41) is 0. The minimum Gasteiger partial charge on any atom is -0.465 e. The van der Waals surface area contributed by atoms with E-state index in [0.29, 0.717) is 24.4 Å². The fourth-order valence-corrected chi connectivity index (χ4v) is 1.91. The van der Waals surface area contributed by atoms with E-state index in [9.17, 15) is 9.59 Å². The van der Waals surface area contributed by atoms with Gasteiger partial charge in [-0.2, -0.15) is 0 Å². The zero-order valence-corrected chi connectivity index (χ0v) is 12.3. The van der Waals surface area contributed by atoms with Crippen LogP contribution in [0.4, 0.5) is 5.69 Å². The molecule has 0 radical (unpaired) electrons. The SMILES string of the molecule is CCCN(CC(=O)OCC)C(=O)c1cc(C)ccc1N. The summed E-state index contributed by atoms with van der Waals surface area (Å²) in [6, 6.07) is 5.30. The number of esters is 1. The zero-order valence-electron chi connectivity index (χ0n) is 12.3. The van der Waals surface area contributed by atoms with Crippen molar-refractivity contribution in [3.05, 3.63) is 29.3 Å². The van der Waals surface area contributed by atoms with E-state index in [2.05, 4.69) is 0 Å². The molecule has 0 bridgehead atoms. The smallest absolute Gasteiger partial charge is 0.325 e. The summed E-state index contributed by atoms with van der Waals surface area (Å²) in [5.41, 5.74) is 7.66. The third-order valence-corrected chi connectivity index (χ3v) is 2.85. The zero-order chi connectivity index (χ0) is 15.1. The Morgan fingerprint density at radius 1 is 1.30 bits per heavy atom. The highest BCUT2D eigenvalue weighted by Gasteiger charge is 2.20. The Morgan fingerprint density at radius 3 is 2.60 bits per heavy atom. The molecule has 110 valence electrons. The molecule has 0 aliphatic carbocycles. The molecule has 5 nitrogen and oxygen atoms in total. The lowest BCUT2D eigenvalue weighted by molar-refractivity contribution is -0.143. The van der Waals surface area contributed by atoms with Gasteiger partial charge in [0.25, 0.3) is 5.91 Å². The van der Waals surface area contributed by atoms with Gasteiger partial charge in [-0.1, -0.05) is 18.6 Å². The lowest BCUT2D eigenvalue weighted by atomic mass is 10.1. The molecule has 0 aromatic heterocycles. The van der Waals surface area contributed by atoms with Gasteiger partial charge in [0.2, 0.25) is 0 Å². The van der Waals surface area contributed by atoms with Crippen molar-refractivity contribution in [2.45, 2.75) is 27.2 Å². The third kappa shape index (κ3) is 4.26. The molecule has 0 heterocycles. The third-order valence-electron chi connectivity index (χ3n) is 2.85. The largest absolute Gasteiger partial charge is 0.465 e. The molecular formula is C15H22N2O3. The molecule has 0 unspecified atom stereocenters. The Kier molecular flexibility index (Phi) is 6.03. The van der Waals surface area contributed by atoms with Crippen LogP contribution in [0.25, 0.3) is 0 Å². The molecular weight excluding hydrogens is 256 g/mol. The van der Waals surface area contributed by atoms with E-state index in [1.165, 1.54) is 4.90 Å². The van der Waals surface area contributed by atoms with Crippen molar-refractivity contribution < 1.29 is 14.3 Å². The number of carbonyl (C=O) groups excluding carboxylic acids is 2. The summed E-state index contributed by atoms with van der Waals surface area (Å²) in [4.78, 5) is 25.5.